The molecular formula is C19H20N2OS. The van der Waals surface area contributed by atoms with Crippen LogP contribution >= 0.6 is 11.3 Å². The molecule has 1 aromatic carbocycles. The number of nitrogens with one attached hydrogen (secondary N) is 1. The zero-order valence-corrected chi connectivity index (χ0v) is 13.9. The van der Waals surface area contributed by atoms with Gasteiger partial charge in [-0.3, -0.25) is 4.79 Å². The van der Waals surface area contributed by atoms with Gasteiger partial charge in [-0.2, -0.15) is 5.10 Å². The minimum atomic E-state index is -0.0695. The summed E-state index contributed by atoms with van der Waals surface area (Å²) in [6.07, 6.45) is 7.84. The lowest BCUT2D eigenvalue weighted by atomic mass is 9.90. The Kier molecular flexibility index (Phi) is 4.00. The second-order valence-corrected chi connectivity index (χ2v) is 7.41. The minimum absolute atomic E-state index is 0.0695. The maximum absolute atomic E-state index is 12.4. The standard InChI is InChI=1S/C19H20N2OS/c22-19(18-12-14-7-2-4-11-17(14)23-18)21-20-16-10-5-8-13-6-1-3-9-15(13)16/h1,3,6,9,12H,2,4-5,7-8,10-11H2,(H,21,22). The third-order valence-electron chi connectivity index (χ3n) is 4.70. The first kappa shape index (κ1) is 14.6. The van der Waals surface area contributed by atoms with Crippen LogP contribution in [0.3, 0.4) is 0 Å². The van der Waals surface area contributed by atoms with E-state index in [9.17, 15) is 4.79 Å². The Labute approximate surface area is 140 Å². The van der Waals surface area contributed by atoms with Crippen LogP contribution in [0.15, 0.2) is 35.4 Å². The number of hydrogen-bond donors (Lipinski definition) is 1. The Morgan fingerprint density at radius 3 is 2.74 bits per heavy atom. The number of hydrogen-bond acceptors (Lipinski definition) is 3. The fraction of sp³-hybridized carbons (Fsp3) is 0.368. The van der Waals surface area contributed by atoms with E-state index in [2.05, 4.69) is 34.8 Å². The minimum Gasteiger partial charge on any atom is -0.266 e. The summed E-state index contributed by atoms with van der Waals surface area (Å²) < 4.78 is 0. The van der Waals surface area contributed by atoms with Crippen molar-refractivity contribution in [2.24, 2.45) is 5.10 Å². The van der Waals surface area contributed by atoms with Crippen molar-refractivity contribution in [3.05, 3.63) is 56.8 Å². The molecule has 1 N–H and O–H groups in total. The highest BCUT2D eigenvalue weighted by molar-refractivity contribution is 7.14. The predicted molar refractivity (Wildman–Crippen MR) is 94.3 cm³/mol. The maximum atomic E-state index is 12.4. The zero-order chi connectivity index (χ0) is 15.6. The number of amides is 1. The smallest absolute Gasteiger partial charge is 0.266 e. The number of fused-ring (bicyclic) bond motifs is 2. The van der Waals surface area contributed by atoms with Gasteiger partial charge in [-0.05, 0) is 62.1 Å². The molecule has 0 fully saturated rings. The van der Waals surface area contributed by atoms with Crippen LogP contribution in [0.2, 0.25) is 0 Å². The summed E-state index contributed by atoms with van der Waals surface area (Å²) in [5.74, 6) is -0.0695. The van der Waals surface area contributed by atoms with Crippen molar-refractivity contribution in [1.82, 2.24) is 5.43 Å². The van der Waals surface area contributed by atoms with E-state index in [1.54, 1.807) is 11.3 Å². The quantitative estimate of drug-likeness (QED) is 0.830. The van der Waals surface area contributed by atoms with Gasteiger partial charge in [-0.25, -0.2) is 5.43 Å². The molecule has 2 aromatic rings. The van der Waals surface area contributed by atoms with Gasteiger partial charge >= 0.3 is 0 Å². The van der Waals surface area contributed by atoms with E-state index in [4.69, 9.17) is 0 Å². The molecule has 0 aliphatic heterocycles. The number of thiophene rings is 1. The zero-order valence-electron chi connectivity index (χ0n) is 13.1. The molecule has 0 spiro atoms. The van der Waals surface area contributed by atoms with Gasteiger partial charge in [0.25, 0.3) is 5.91 Å². The van der Waals surface area contributed by atoms with Crippen molar-refractivity contribution in [2.45, 2.75) is 44.9 Å². The molecule has 4 rings (SSSR count). The molecule has 0 atom stereocenters. The van der Waals surface area contributed by atoms with E-state index in [1.165, 1.54) is 34.4 Å². The highest BCUT2D eigenvalue weighted by Crippen LogP contribution is 2.29. The maximum Gasteiger partial charge on any atom is 0.281 e. The first-order valence-electron chi connectivity index (χ1n) is 8.38. The molecule has 0 unspecified atom stereocenters. The molecule has 2 aliphatic rings. The van der Waals surface area contributed by atoms with E-state index >= 15 is 0 Å². The van der Waals surface area contributed by atoms with E-state index in [-0.39, 0.29) is 5.91 Å². The molecule has 1 amide bonds. The van der Waals surface area contributed by atoms with Gasteiger partial charge in [-0.15, -0.1) is 11.3 Å². The summed E-state index contributed by atoms with van der Waals surface area (Å²) in [6, 6.07) is 10.4. The lowest BCUT2D eigenvalue weighted by Gasteiger charge is -2.17. The molecular weight excluding hydrogens is 304 g/mol. The van der Waals surface area contributed by atoms with Crippen LogP contribution in [0.1, 0.15) is 56.9 Å². The van der Waals surface area contributed by atoms with Crippen LogP contribution in [0.4, 0.5) is 0 Å². The largest absolute Gasteiger partial charge is 0.281 e. The van der Waals surface area contributed by atoms with Crippen molar-refractivity contribution < 1.29 is 4.79 Å². The molecule has 1 heterocycles. The van der Waals surface area contributed by atoms with Crippen LogP contribution in [-0.4, -0.2) is 11.6 Å². The number of aryl methyl sites for hydroxylation is 3. The van der Waals surface area contributed by atoms with Gasteiger partial charge in [0.2, 0.25) is 0 Å². The number of hydrazone groups is 1. The van der Waals surface area contributed by atoms with Crippen molar-refractivity contribution in [2.75, 3.05) is 0 Å². The summed E-state index contributed by atoms with van der Waals surface area (Å²) >= 11 is 1.63. The second kappa shape index (κ2) is 6.28. The van der Waals surface area contributed by atoms with Gasteiger partial charge in [0.05, 0.1) is 10.6 Å². The van der Waals surface area contributed by atoms with Crippen LogP contribution in [0.25, 0.3) is 0 Å². The summed E-state index contributed by atoms with van der Waals surface area (Å²) in [5.41, 5.74) is 7.66. The molecule has 0 saturated carbocycles. The van der Waals surface area contributed by atoms with Gasteiger partial charge in [0.1, 0.15) is 0 Å². The molecule has 118 valence electrons. The van der Waals surface area contributed by atoms with Crippen molar-refractivity contribution in [1.29, 1.82) is 0 Å². The van der Waals surface area contributed by atoms with Gasteiger partial charge in [0, 0.05) is 10.4 Å². The second-order valence-electron chi connectivity index (χ2n) is 6.28. The topological polar surface area (TPSA) is 41.5 Å². The molecule has 0 radical (unpaired) electrons. The van der Waals surface area contributed by atoms with Gasteiger partial charge < -0.3 is 0 Å². The normalized spacial score (nSPS) is 18.3. The average Bonchev–Trinajstić information content (AvgIpc) is 3.04. The van der Waals surface area contributed by atoms with Crippen molar-refractivity contribution in [3.63, 3.8) is 0 Å². The lowest BCUT2D eigenvalue weighted by Crippen LogP contribution is -2.21. The SMILES string of the molecule is O=C(NN=C1CCCc2ccccc21)c1cc2c(s1)CCCC2. The van der Waals surface area contributed by atoms with E-state index in [0.717, 1.165) is 42.7 Å². The molecule has 2 aliphatic carbocycles. The summed E-state index contributed by atoms with van der Waals surface area (Å²) in [5, 5.41) is 4.43. The van der Waals surface area contributed by atoms with Crippen LogP contribution in [0, 0.1) is 0 Å². The Morgan fingerprint density at radius 1 is 1.00 bits per heavy atom. The Bertz CT molecular complexity index is 752. The Morgan fingerprint density at radius 2 is 1.83 bits per heavy atom. The third kappa shape index (κ3) is 2.95. The first-order chi connectivity index (χ1) is 11.3. The highest BCUT2D eigenvalue weighted by atomic mass is 32.1. The third-order valence-corrected chi connectivity index (χ3v) is 5.94. The average molecular weight is 324 g/mol. The Hall–Kier alpha value is -1.94. The van der Waals surface area contributed by atoms with Gasteiger partial charge in [0.15, 0.2) is 0 Å². The fourth-order valence-electron chi connectivity index (χ4n) is 3.49. The van der Waals surface area contributed by atoms with E-state index < -0.39 is 0 Å². The summed E-state index contributed by atoms with van der Waals surface area (Å²) in [7, 11) is 0. The first-order valence-corrected chi connectivity index (χ1v) is 9.19. The number of benzene rings is 1. The number of carbonyl (C=O) groups excluding carboxylic acids is 1. The monoisotopic (exact) mass is 324 g/mol. The summed E-state index contributed by atoms with van der Waals surface area (Å²) in [4.78, 5) is 14.6. The molecule has 3 nitrogen and oxygen atoms in total. The molecule has 0 saturated heterocycles. The molecule has 0 bridgehead atoms. The highest BCUT2D eigenvalue weighted by Gasteiger charge is 2.18. The molecule has 4 heteroatoms. The van der Waals surface area contributed by atoms with Crippen molar-refractivity contribution >= 4 is 23.0 Å². The fourth-order valence-corrected chi connectivity index (χ4v) is 4.64. The van der Waals surface area contributed by atoms with Crippen LogP contribution in [0.5, 0.6) is 0 Å². The van der Waals surface area contributed by atoms with E-state index in [1.807, 2.05) is 6.07 Å². The predicted octanol–water partition coefficient (Wildman–Crippen LogP) is 4.10. The molecule has 1 aromatic heterocycles. The van der Waals surface area contributed by atoms with Crippen molar-refractivity contribution in [3.8, 4) is 0 Å². The lowest BCUT2D eigenvalue weighted by molar-refractivity contribution is 0.0958. The number of rotatable bonds is 2. The van der Waals surface area contributed by atoms with Crippen LogP contribution in [-0.2, 0) is 19.3 Å². The van der Waals surface area contributed by atoms with E-state index in [0.29, 0.717) is 0 Å². The van der Waals surface area contributed by atoms with Crippen LogP contribution < -0.4 is 5.43 Å². The van der Waals surface area contributed by atoms with Gasteiger partial charge in [-0.1, -0.05) is 24.3 Å². The summed E-state index contributed by atoms with van der Waals surface area (Å²) in [6.45, 7) is 0. The number of nitrogens with zero attached hydrogens (tertiary/aromatic N) is 1. The Balaban J connectivity index is 1.52. The number of carbonyl (C=O) groups is 1. The molecule has 23 heavy (non-hydrogen) atoms.